The lowest BCUT2D eigenvalue weighted by Gasteiger charge is -2.24. The number of amides is 1. The Bertz CT molecular complexity index is 1230. The van der Waals surface area contributed by atoms with Crippen LogP contribution < -0.4 is 11.3 Å². The number of thiazole rings is 1. The Kier molecular flexibility index (Phi) is 5.12. The highest BCUT2D eigenvalue weighted by atomic mass is 32.1. The first-order valence-corrected chi connectivity index (χ1v) is 10.1. The third-order valence-electron chi connectivity index (χ3n) is 4.97. The number of fused-ring (bicyclic) bond motifs is 2. The molecule has 0 aliphatic heterocycles. The normalized spacial score (nSPS) is 12.7. The van der Waals surface area contributed by atoms with Crippen molar-refractivity contribution in [2.24, 2.45) is 5.73 Å². The molecule has 0 saturated heterocycles. The summed E-state index contributed by atoms with van der Waals surface area (Å²) in [5.74, 6) is -0.0738. The predicted molar refractivity (Wildman–Crippen MR) is 115 cm³/mol. The summed E-state index contributed by atoms with van der Waals surface area (Å²) < 4.78 is 2.50. The summed E-state index contributed by atoms with van der Waals surface area (Å²) in [4.78, 5) is 35.9. The summed E-state index contributed by atoms with van der Waals surface area (Å²) in [7, 11) is 1.95. The van der Waals surface area contributed by atoms with E-state index in [1.165, 1.54) is 4.57 Å². The van der Waals surface area contributed by atoms with Crippen molar-refractivity contribution in [1.82, 2.24) is 19.4 Å². The molecule has 148 valence electrons. The van der Waals surface area contributed by atoms with E-state index in [4.69, 9.17) is 10.7 Å². The average molecular weight is 407 g/mol. The highest BCUT2D eigenvalue weighted by molar-refractivity contribution is 7.18. The van der Waals surface area contributed by atoms with E-state index < -0.39 is 5.91 Å². The van der Waals surface area contributed by atoms with Gasteiger partial charge in [-0.2, -0.15) is 0 Å². The van der Waals surface area contributed by atoms with Crippen molar-refractivity contribution in [3.8, 4) is 0 Å². The molecular formula is C21H21N5O2S. The Labute approximate surface area is 171 Å². The van der Waals surface area contributed by atoms with Crippen molar-refractivity contribution in [2.75, 3.05) is 7.05 Å². The fourth-order valence-electron chi connectivity index (χ4n) is 3.27. The van der Waals surface area contributed by atoms with Crippen LogP contribution in [0.15, 0.2) is 53.3 Å². The molecule has 0 aliphatic carbocycles. The van der Waals surface area contributed by atoms with E-state index in [2.05, 4.69) is 22.9 Å². The molecule has 2 aromatic heterocycles. The van der Waals surface area contributed by atoms with Gasteiger partial charge in [0.25, 0.3) is 5.56 Å². The molecule has 29 heavy (non-hydrogen) atoms. The molecule has 0 unspecified atom stereocenters. The minimum atomic E-state index is -0.577. The molecule has 2 N–H and O–H groups in total. The van der Waals surface area contributed by atoms with E-state index in [1.54, 1.807) is 29.5 Å². The topological polar surface area (TPSA) is 94.1 Å². The summed E-state index contributed by atoms with van der Waals surface area (Å²) in [5, 5.41) is 1.46. The van der Waals surface area contributed by atoms with E-state index in [-0.39, 0.29) is 18.1 Å². The molecule has 8 heteroatoms. The van der Waals surface area contributed by atoms with Crippen molar-refractivity contribution in [3.05, 3.63) is 69.7 Å². The van der Waals surface area contributed by atoms with Crippen molar-refractivity contribution in [1.29, 1.82) is 0 Å². The summed E-state index contributed by atoms with van der Waals surface area (Å²) in [6.07, 6.45) is 0. The van der Waals surface area contributed by atoms with E-state index in [1.807, 2.05) is 31.3 Å². The van der Waals surface area contributed by atoms with Crippen LogP contribution in [-0.4, -0.2) is 32.4 Å². The lowest BCUT2D eigenvalue weighted by molar-refractivity contribution is -0.118. The number of hydrogen-bond donors (Lipinski definition) is 1. The number of rotatable bonds is 6. The van der Waals surface area contributed by atoms with Crippen molar-refractivity contribution in [2.45, 2.75) is 26.1 Å². The Morgan fingerprint density at radius 2 is 1.83 bits per heavy atom. The van der Waals surface area contributed by atoms with Crippen LogP contribution in [-0.2, 0) is 17.9 Å². The van der Waals surface area contributed by atoms with Gasteiger partial charge in [0.1, 0.15) is 17.4 Å². The standard InChI is InChI=1S/C21H21N5O2S/c1-13(20-24-16-9-5-6-10-17(16)29-20)25(2)12-19-23-15-8-4-3-7-14(15)21(28)26(19)11-18(22)27/h3-10,13H,11-12H2,1-2H3,(H2,22,27)/t13-/m1/s1. The average Bonchev–Trinajstić information content (AvgIpc) is 3.14. The Morgan fingerprint density at radius 3 is 2.55 bits per heavy atom. The highest BCUT2D eigenvalue weighted by Gasteiger charge is 2.20. The first-order chi connectivity index (χ1) is 13.9. The van der Waals surface area contributed by atoms with Crippen molar-refractivity contribution in [3.63, 3.8) is 0 Å². The number of carbonyl (C=O) groups excluding carboxylic acids is 1. The van der Waals surface area contributed by atoms with E-state index >= 15 is 0 Å². The van der Waals surface area contributed by atoms with Crippen LogP contribution in [0.3, 0.4) is 0 Å². The molecule has 1 atom stereocenters. The van der Waals surface area contributed by atoms with Gasteiger partial charge in [-0.25, -0.2) is 9.97 Å². The second-order valence-electron chi connectivity index (χ2n) is 7.01. The van der Waals surface area contributed by atoms with Crippen molar-refractivity contribution >= 4 is 38.4 Å². The van der Waals surface area contributed by atoms with Crippen molar-refractivity contribution < 1.29 is 4.79 Å². The van der Waals surface area contributed by atoms with E-state index in [0.29, 0.717) is 23.3 Å². The van der Waals surface area contributed by atoms with Crippen LogP contribution in [0, 0.1) is 0 Å². The molecule has 7 nitrogen and oxygen atoms in total. The van der Waals surface area contributed by atoms with Crippen LogP contribution in [0.1, 0.15) is 23.8 Å². The summed E-state index contributed by atoms with van der Waals surface area (Å²) in [6.45, 7) is 2.25. The SMILES string of the molecule is C[C@H](c1nc2ccccc2s1)N(C)Cc1nc2ccccc2c(=O)n1CC(N)=O. The molecule has 2 aromatic carbocycles. The summed E-state index contributed by atoms with van der Waals surface area (Å²) >= 11 is 1.65. The molecule has 0 bridgehead atoms. The zero-order chi connectivity index (χ0) is 20.5. The van der Waals surface area contributed by atoms with Gasteiger partial charge in [-0.1, -0.05) is 24.3 Å². The fourth-order valence-corrected chi connectivity index (χ4v) is 4.36. The third-order valence-corrected chi connectivity index (χ3v) is 6.18. The highest BCUT2D eigenvalue weighted by Crippen LogP contribution is 2.29. The van der Waals surface area contributed by atoms with E-state index in [9.17, 15) is 9.59 Å². The minimum Gasteiger partial charge on any atom is -0.368 e. The summed E-state index contributed by atoms with van der Waals surface area (Å²) in [6, 6.07) is 15.2. The van der Waals surface area contributed by atoms with Crippen LogP contribution in [0.25, 0.3) is 21.1 Å². The Morgan fingerprint density at radius 1 is 1.14 bits per heavy atom. The monoisotopic (exact) mass is 407 g/mol. The smallest absolute Gasteiger partial charge is 0.261 e. The van der Waals surface area contributed by atoms with Gasteiger partial charge in [0.05, 0.1) is 33.7 Å². The second kappa shape index (κ2) is 7.73. The van der Waals surface area contributed by atoms with Gasteiger partial charge in [-0.05, 0) is 38.2 Å². The molecule has 0 aliphatic rings. The first kappa shape index (κ1) is 19.2. The second-order valence-corrected chi connectivity index (χ2v) is 8.08. The number of para-hydroxylation sites is 2. The van der Waals surface area contributed by atoms with Crippen LogP contribution in [0.2, 0.25) is 0 Å². The number of benzene rings is 2. The molecule has 2 heterocycles. The van der Waals surface area contributed by atoms with Gasteiger partial charge in [-0.3, -0.25) is 19.1 Å². The summed E-state index contributed by atoms with van der Waals surface area (Å²) in [5.41, 5.74) is 6.70. The largest absolute Gasteiger partial charge is 0.368 e. The Balaban J connectivity index is 1.70. The maximum Gasteiger partial charge on any atom is 0.261 e. The van der Waals surface area contributed by atoms with Crippen LogP contribution >= 0.6 is 11.3 Å². The number of aromatic nitrogens is 3. The van der Waals surface area contributed by atoms with Gasteiger partial charge in [-0.15, -0.1) is 11.3 Å². The van der Waals surface area contributed by atoms with Crippen LogP contribution in [0.5, 0.6) is 0 Å². The van der Waals surface area contributed by atoms with Gasteiger partial charge in [0.2, 0.25) is 5.91 Å². The minimum absolute atomic E-state index is 0.0119. The zero-order valence-electron chi connectivity index (χ0n) is 16.2. The molecule has 4 aromatic rings. The lowest BCUT2D eigenvalue weighted by Crippen LogP contribution is -2.34. The molecular weight excluding hydrogens is 386 g/mol. The number of primary amides is 1. The zero-order valence-corrected chi connectivity index (χ0v) is 17.0. The number of nitrogens with zero attached hydrogens (tertiary/aromatic N) is 4. The first-order valence-electron chi connectivity index (χ1n) is 9.26. The predicted octanol–water partition coefficient (Wildman–Crippen LogP) is 2.68. The molecule has 0 saturated carbocycles. The maximum atomic E-state index is 12.9. The van der Waals surface area contributed by atoms with Gasteiger partial charge in [0, 0.05) is 0 Å². The van der Waals surface area contributed by atoms with Gasteiger partial charge < -0.3 is 5.73 Å². The number of carbonyl (C=O) groups is 1. The van der Waals surface area contributed by atoms with Gasteiger partial charge >= 0.3 is 0 Å². The molecule has 0 fully saturated rings. The number of hydrogen-bond acceptors (Lipinski definition) is 6. The molecule has 4 rings (SSSR count). The quantitative estimate of drug-likeness (QED) is 0.530. The fraction of sp³-hybridized carbons (Fsp3) is 0.238. The Hall–Kier alpha value is -3.10. The molecule has 1 amide bonds. The maximum absolute atomic E-state index is 12.9. The third kappa shape index (κ3) is 3.76. The van der Waals surface area contributed by atoms with Gasteiger partial charge in [0.15, 0.2) is 0 Å². The number of nitrogens with two attached hydrogens (primary N) is 1. The van der Waals surface area contributed by atoms with Crippen LogP contribution in [0.4, 0.5) is 0 Å². The molecule has 0 spiro atoms. The molecule has 0 radical (unpaired) electrons. The van der Waals surface area contributed by atoms with E-state index in [0.717, 1.165) is 15.2 Å². The lowest BCUT2D eigenvalue weighted by atomic mass is 10.2.